The van der Waals surface area contributed by atoms with Gasteiger partial charge in [-0.05, 0) is 18.2 Å². The zero-order valence-corrected chi connectivity index (χ0v) is 13.3. The first-order valence-corrected chi connectivity index (χ1v) is 7.75. The third-order valence-electron chi connectivity index (χ3n) is 2.97. The Hall–Kier alpha value is -1.33. The second-order valence-electron chi connectivity index (χ2n) is 4.26. The highest BCUT2D eigenvalue weighted by Gasteiger charge is 2.16. The van der Waals surface area contributed by atoms with E-state index in [1.165, 1.54) is 17.4 Å². The minimum absolute atomic E-state index is 0.121. The molecule has 1 aromatic carbocycles. The number of carbonyl (C=O) groups is 1. The third-order valence-corrected chi connectivity index (χ3v) is 4.85. The average molecular weight is 359 g/mol. The molecule has 1 N–H and O–H groups in total. The first-order valence-electron chi connectivity index (χ1n) is 5.74. The lowest BCUT2D eigenvalue weighted by atomic mass is 10.1. The summed E-state index contributed by atoms with van der Waals surface area (Å²) in [6.07, 6.45) is 0. The number of rotatable bonds is 2. The molecule has 0 spiro atoms. The van der Waals surface area contributed by atoms with Crippen molar-refractivity contribution in [2.24, 2.45) is 0 Å². The van der Waals surface area contributed by atoms with Gasteiger partial charge in [0.25, 0.3) is 0 Å². The predicted octanol–water partition coefficient (Wildman–Crippen LogP) is 5.62. The number of hydrogen-bond acceptors (Lipinski definition) is 3. The van der Waals surface area contributed by atoms with Gasteiger partial charge in [-0.25, -0.2) is 9.78 Å². The first-order chi connectivity index (χ1) is 9.97. The van der Waals surface area contributed by atoms with Crippen LogP contribution in [0.15, 0.2) is 29.6 Å². The zero-order chi connectivity index (χ0) is 15.1. The molecule has 0 saturated carbocycles. The Labute approximate surface area is 138 Å². The quantitative estimate of drug-likeness (QED) is 0.646. The van der Waals surface area contributed by atoms with Crippen molar-refractivity contribution < 1.29 is 9.90 Å². The monoisotopic (exact) mass is 357 g/mol. The molecule has 0 bridgehead atoms. The number of aromatic nitrogens is 1. The van der Waals surface area contributed by atoms with Crippen LogP contribution in [-0.4, -0.2) is 16.1 Å². The predicted molar refractivity (Wildman–Crippen MR) is 87.0 cm³/mol. The van der Waals surface area contributed by atoms with Crippen molar-refractivity contribution in [3.8, 4) is 11.3 Å². The van der Waals surface area contributed by atoms with Crippen LogP contribution in [0.2, 0.25) is 14.4 Å². The van der Waals surface area contributed by atoms with Crippen LogP contribution in [-0.2, 0) is 0 Å². The molecule has 0 atom stereocenters. The zero-order valence-electron chi connectivity index (χ0n) is 10.2. The van der Waals surface area contributed by atoms with Crippen LogP contribution in [0.5, 0.6) is 0 Å². The molecule has 2 heterocycles. The molecule has 0 radical (unpaired) electrons. The van der Waals surface area contributed by atoms with E-state index in [0.717, 1.165) is 5.56 Å². The highest BCUT2D eigenvalue weighted by molar-refractivity contribution is 7.14. The highest BCUT2D eigenvalue weighted by atomic mass is 35.5. The molecule has 3 rings (SSSR count). The number of carboxylic acids is 1. The minimum Gasteiger partial charge on any atom is -0.478 e. The Kier molecular flexibility index (Phi) is 3.80. The Morgan fingerprint density at radius 3 is 2.57 bits per heavy atom. The van der Waals surface area contributed by atoms with Crippen LogP contribution < -0.4 is 0 Å². The van der Waals surface area contributed by atoms with Crippen molar-refractivity contribution in [2.45, 2.75) is 0 Å². The summed E-state index contributed by atoms with van der Waals surface area (Å²) in [4.78, 5) is 15.9. The molecule has 3 nitrogen and oxygen atoms in total. The molecule has 3 aromatic rings. The largest absolute Gasteiger partial charge is 0.478 e. The minimum atomic E-state index is -1.05. The van der Waals surface area contributed by atoms with E-state index in [1.54, 1.807) is 23.6 Å². The highest BCUT2D eigenvalue weighted by Crippen LogP contribution is 2.35. The molecule has 0 aliphatic heterocycles. The van der Waals surface area contributed by atoms with Gasteiger partial charge in [-0.1, -0.05) is 40.9 Å². The number of carboxylic acid groups (broad SMARTS) is 1. The van der Waals surface area contributed by atoms with E-state index in [4.69, 9.17) is 34.8 Å². The number of fused-ring (bicyclic) bond motifs is 1. The van der Waals surface area contributed by atoms with Crippen molar-refractivity contribution in [1.82, 2.24) is 4.98 Å². The average Bonchev–Trinajstić information content (AvgIpc) is 2.88. The van der Waals surface area contributed by atoms with E-state index in [1.807, 2.05) is 0 Å². The molecule has 0 aliphatic rings. The molecule has 2 aromatic heterocycles. The summed E-state index contributed by atoms with van der Waals surface area (Å²) in [5, 5.41) is 12.2. The normalized spacial score (nSPS) is 11.0. The molecule has 7 heteroatoms. The van der Waals surface area contributed by atoms with Crippen LogP contribution in [0.3, 0.4) is 0 Å². The van der Waals surface area contributed by atoms with Gasteiger partial charge >= 0.3 is 5.97 Å². The Balaban J connectivity index is 2.38. The maximum absolute atomic E-state index is 11.5. The maximum atomic E-state index is 11.5. The van der Waals surface area contributed by atoms with Crippen LogP contribution >= 0.6 is 46.1 Å². The molecule has 21 heavy (non-hydrogen) atoms. The van der Waals surface area contributed by atoms with Crippen molar-refractivity contribution in [3.05, 3.63) is 49.6 Å². The molecule has 0 aliphatic carbocycles. The second kappa shape index (κ2) is 5.46. The molecular weight excluding hydrogens is 353 g/mol. The molecule has 0 amide bonds. The lowest BCUT2D eigenvalue weighted by Gasteiger charge is -2.08. The molecule has 106 valence electrons. The van der Waals surface area contributed by atoms with Crippen molar-refractivity contribution in [2.75, 3.05) is 0 Å². The Morgan fingerprint density at radius 2 is 1.95 bits per heavy atom. The van der Waals surface area contributed by atoms with Crippen LogP contribution in [0.25, 0.3) is 22.2 Å². The van der Waals surface area contributed by atoms with Crippen molar-refractivity contribution in [1.29, 1.82) is 0 Å². The van der Waals surface area contributed by atoms with Crippen molar-refractivity contribution >= 4 is 63.0 Å². The third kappa shape index (κ3) is 2.60. The summed E-state index contributed by atoms with van der Waals surface area (Å²) in [6, 6.07) is 6.39. The fraction of sp³-hybridized carbons (Fsp3) is 0. The van der Waals surface area contributed by atoms with Crippen LogP contribution in [0, 0.1) is 0 Å². The van der Waals surface area contributed by atoms with Gasteiger partial charge in [0, 0.05) is 16.3 Å². The van der Waals surface area contributed by atoms with E-state index < -0.39 is 5.97 Å². The smallest absolute Gasteiger partial charge is 0.336 e. The van der Waals surface area contributed by atoms with Crippen LogP contribution in [0.4, 0.5) is 0 Å². The summed E-state index contributed by atoms with van der Waals surface area (Å²) >= 11 is 19.4. The van der Waals surface area contributed by atoms with Gasteiger partial charge in [0.2, 0.25) is 0 Å². The molecule has 0 saturated heterocycles. The van der Waals surface area contributed by atoms with Crippen LogP contribution in [0.1, 0.15) is 10.4 Å². The summed E-state index contributed by atoms with van der Waals surface area (Å²) in [5.74, 6) is -1.05. The van der Waals surface area contributed by atoms with Gasteiger partial charge in [-0.15, -0.1) is 11.3 Å². The number of halogens is 3. The van der Waals surface area contributed by atoms with Gasteiger partial charge in [0.05, 0.1) is 31.2 Å². The number of aromatic carboxylic acids is 1. The number of benzene rings is 1. The number of pyridine rings is 1. The molecule has 0 unspecified atom stereocenters. The molecular formula is C14H6Cl3NO2S. The number of hydrogen-bond donors (Lipinski definition) is 1. The summed E-state index contributed by atoms with van der Waals surface area (Å²) in [7, 11) is 0. The van der Waals surface area contributed by atoms with Gasteiger partial charge in [0.15, 0.2) is 0 Å². The second-order valence-corrected chi connectivity index (χ2v) is 6.58. The van der Waals surface area contributed by atoms with Gasteiger partial charge < -0.3 is 5.11 Å². The fourth-order valence-corrected chi connectivity index (χ4v) is 3.24. The van der Waals surface area contributed by atoms with Gasteiger partial charge in [-0.3, -0.25) is 0 Å². The SMILES string of the molecule is O=C(O)c1cc(-c2csc(Cl)c2)nc2c(Cl)c(Cl)ccc12. The van der Waals surface area contributed by atoms with E-state index in [2.05, 4.69) is 4.98 Å². The summed E-state index contributed by atoms with van der Waals surface area (Å²) < 4.78 is 0.598. The summed E-state index contributed by atoms with van der Waals surface area (Å²) in [6.45, 7) is 0. The van der Waals surface area contributed by atoms with E-state index >= 15 is 0 Å². The lowest BCUT2D eigenvalue weighted by Crippen LogP contribution is -2.00. The maximum Gasteiger partial charge on any atom is 0.336 e. The first kappa shape index (κ1) is 14.6. The summed E-state index contributed by atoms with van der Waals surface area (Å²) in [5.41, 5.74) is 1.72. The number of thiophene rings is 1. The molecule has 0 fully saturated rings. The standard InChI is InChI=1S/C14H6Cl3NO2S/c15-9-2-1-7-8(14(19)20)4-10(18-13(7)12(9)17)6-3-11(16)21-5-6/h1-5H,(H,19,20). The Morgan fingerprint density at radius 1 is 1.19 bits per heavy atom. The number of nitrogens with zero attached hydrogens (tertiary/aromatic N) is 1. The van der Waals surface area contributed by atoms with Gasteiger partial charge in [-0.2, -0.15) is 0 Å². The Bertz CT molecular complexity index is 876. The fourth-order valence-electron chi connectivity index (χ4n) is 2.00. The van der Waals surface area contributed by atoms with Crippen molar-refractivity contribution in [3.63, 3.8) is 0 Å². The van der Waals surface area contributed by atoms with E-state index in [-0.39, 0.29) is 10.6 Å². The van der Waals surface area contributed by atoms with E-state index in [9.17, 15) is 9.90 Å². The van der Waals surface area contributed by atoms with E-state index in [0.29, 0.717) is 26.0 Å². The van der Waals surface area contributed by atoms with Gasteiger partial charge in [0.1, 0.15) is 0 Å². The topological polar surface area (TPSA) is 50.2 Å². The lowest BCUT2D eigenvalue weighted by molar-refractivity contribution is 0.0699.